The molecular formula is C41H50N6O4. The van der Waals surface area contributed by atoms with Crippen LogP contribution in [0.3, 0.4) is 0 Å². The summed E-state index contributed by atoms with van der Waals surface area (Å²) in [6, 6.07) is 23.0. The van der Waals surface area contributed by atoms with E-state index >= 15 is 0 Å². The summed E-state index contributed by atoms with van der Waals surface area (Å²) in [5, 5.41) is 63.3. The van der Waals surface area contributed by atoms with E-state index in [-0.39, 0.29) is 30.1 Å². The molecule has 0 fully saturated rings. The van der Waals surface area contributed by atoms with Crippen LogP contribution in [-0.4, -0.2) is 62.6 Å². The van der Waals surface area contributed by atoms with Crippen molar-refractivity contribution in [1.29, 1.82) is 0 Å². The van der Waals surface area contributed by atoms with E-state index in [1.165, 1.54) is 9.59 Å². The lowest BCUT2D eigenvalue weighted by atomic mass is 9.94. The molecule has 2 atom stereocenters. The number of fused-ring (bicyclic) bond motifs is 2. The Morgan fingerprint density at radius 1 is 0.529 bits per heavy atom. The monoisotopic (exact) mass is 690 g/mol. The first-order chi connectivity index (χ1) is 24.8. The minimum absolute atomic E-state index is 0.0374. The average Bonchev–Trinajstić information content (AvgIpc) is 3.77. The number of hydrogen-bond acceptors (Lipinski definition) is 8. The van der Waals surface area contributed by atoms with Crippen molar-refractivity contribution in [3.8, 4) is 22.9 Å². The molecule has 2 heterocycles. The van der Waals surface area contributed by atoms with Crippen LogP contribution in [0, 0.1) is 0 Å². The molecule has 0 aliphatic carbocycles. The highest BCUT2D eigenvalue weighted by atomic mass is 16.3. The van der Waals surface area contributed by atoms with Gasteiger partial charge in [0, 0.05) is 17.5 Å². The minimum atomic E-state index is -0.336. The van der Waals surface area contributed by atoms with E-state index in [0.717, 1.165) is 84.6 Å². The van der Waals surface area contributed by atoms with E-state index in [2.05, 4.69) is 34.2 Å². The number of hydrogen-bond donors (Lipinski definition) is 4. The fourth-order valence-corrected chi connectivity index (χ4v) is 6.74. The molecule has 0 amide bonds. The first-order valence-corrected chi connectivity index (χ1v) is 18.5. The normalized spacial score (nSPS) is 12.9. The maximum atomic E-state index is 11.8. The molecular weight excluding hydrogens is 640 g/mol. The SMILES string of the molecule is CCCCC(O)CCCc1cc(Cc2cc(CCCC(O)CCCC)cc(-n3nc4ccccc4n3)c2O)c(O)c(-n2nc3ccccc3n2)c1. The van der Waals surface area contributed by atoms with Crippen molar-refractivity contribution in [3.05, 3.63) is 95.1 Å². The van der Waals surface area contributed by atoms with Gasteiger partial charge in [0.15, 0.2) is 0 Å². The summed E-state index contributed by atoms with van der Waals surface area (Å²) in [5.41, 5.74) is 7.02. The molecule has 0 spiro atoms. The second kappa shape index (κ2) is 16.9. The van der Waals surface area contributed by atoms with Gasteiger partial charge < -0.3 is 20.4 Å². The van der Waals surface area contributed by atoms with Crippen molar-refractivity contribution in [3.63, 3.8) is 0 Å². The molecule has 10 heteroatoms. The number of phenols is 2. The van der Waals surface area contributed by atoms with Crippen LogP contribution in [0.15, 0.2) is 72.8 Å². The molecule has 0 saturated heterocycles. The third-order valence-electron chi connectivity index (χ3n) is 9.63. The summed E-state index contributed by atoms with van der Waals surface area (Å²) >= 11 is 0. The summed E-state index contributed by atoms with van der Waals surface area (Å²) in [7, 11) is 0. The van der Waals surface area contributed by atoms with Crippen molar-refractivity contribution in [2.45, 2.75) is 110 Å². The largest absolute Gasteiger partial charge is 0.505 e. The highest BCUT2D eigenvalue weighted by Crippen LogP contribution is 2.36. The molecule has 2 aromatic heterocycles. The van der Waals surface area contributed by atoms with E-state index in [1.54, 1.807) is 0 Å². The number of aliphatic hydroxyl groups is 2. The molecule has 6 aromatic rings. The van der Waals surface area contributed by atoms with Crippen LogP contribution in [0.2, 0.25) is 0 Å². The topological polar surface area (TPSA) is 142 Å². The van der Waals surface area contributed by atoms with Gasteiger partial charge in [-0.05, 0) is 98.9 Å². The van der Waals surface area contributed by atoms with E-state index < -0.39 is 0 Å². The third kappa shape index (κ3) is 8.93. The van der Waals surface area contributed by atoms with Crippen molar-refractivity contribution < 1.29 is 20.4 Å². The summed E-state index contributed by atoms with van der Waals surface area (Å²) < 4.78 is 0. The third-order valence-corrected chi connectivity index (χ3v) is 9.63. The molecule has 6 rings (SSSR count). The zero-order valence-electron chi connectivity index (χ0n) is 29.7. The van der Waals surface area contributed by atoms with Gasteiger partial charge in [0.05, 0.1) is 12.2 Å². The van der Waals surface area contributed by atoms with Gasteiger partial charge in [-0.2, -0.15) is 0 Å². The van der Waals surface area contributed by atoms with Crippen LogP contribution in [-0.2, 0) is 19.3 Å². The lowest BCUT2D eigenvalue weighted by molar-refractivity contribution is 0.149. The number of rotatable bonds is 18. The van der Waals surface area contributed by atoms with Crippen LogP contribution >= 0.6 is 0 Å². The zero-order chi connectivity index (χ0) is 35.7. The molecule has 0 aliphatic rings. The predicted octanol–water partition coefficient (Wildman–Crippen LogP) is 7.90. The molecule has 4 N–H and O–H groups in total. The van der Waals surface area contributed by atoms with E-state index in [0.29, 0.717) is 48.2 Å². The fraction of sp³-hybridized carbons (Fsp3) is 0.415. The standard InChI is InChI=1S/C41H50N6O4/c1-3-5-15-32(48)17-11-13-28-23-30(40(50)38(25-28)46-42-34-19-7-8-20-35(34)43-46)27-31-24-29(14-12-18-33(49)16-6-4-2)26-39(41(31)51)47-44-36-21-9-10-22-37(36)45-47/h7-10,19-26,32-33,48-51H,3-6,11-18,27H2,1-2H3. The number of aliphatic hydroxyl groups excluding tert-OH is 2. The summed E-state index contributed by atoms with van der Waals surface area (Å²) in [5.74, 6) is 0.0748. The number of aromatic hydroxyl groups is 2. The van der Waals surface area contributed by atoms with Gasteiger partial charge in [-0.1, -0.05) is 75.9 Å². The maximum absolute atomic E-state index is 11.8. The molecule has 2 unspecified atom stereocenters. The number of phenolic OH excluding ortho intramolecular Hbond substituents is 2. The second-order valence-electron chi connectivity index (χ2n) is 13.8. The Labute approximate surface area is 299 Å². The molecule has 0 radical (unpaired) electrons. The quantitative estimate of drug-likeness (QED) is 0.0713. The van der Waals surface area contributed by atoms with E-state index in [4.69, 9.17) is 0 Å². The van der Waals surface area contributed by atoms with E-state index in [9.17, 15) is 20.4 Å². The lowest BCUT2D eigenvalue weighted by Gasteiger charge is -2.16. The van der Waals surface area contributed by atoms with Crippen LogP contribution in [0.4, 0.5) is 0 Å². The van der Waals surface area contributed by atoms with Crippen molar-refractivity contribution in [2.24, 2.45) is 0 Å². The fourth-order valence-electron chi connectivity index (χ4n) is 6.74. The Morgan fingerprint density at radius 3 is 1.24 bits per heavy atom. The molecule has 0 bridgehead atoms. The Kier molecular flexibility index (Phi) is 12.0. The Hall–Kier alpha value is -4.80. The molecule has 0 saturated carbocycles. The van der Waals surface area contributed by atoms with Gasteiger partial charge in [0.2, 0.25) is 0 Å². The number of aromatic nitrogens is 6. The summed E-state index contributed by atoms with van der Waals surface area (Å²) in [6.45, 7) is 4.25. The van der Waals surface area contributed by atoms with Crippen LogP contribution in [0.25, 0.3) is 33.4 Å². The predicted molar refractivity (Wildman–Crippen MR) is 201 cm³/mol. The number of nitrogens with zero attached hydrogens (tertiary/aromatic N) is 6. The highest BCUT2D eigenvalue weighted by Gasteiger charge is 2.20. The first-order valence-electron chi connectivity index (χ1n) is 18.5. The smallest absolute Gasteiger partial charge is 0.146 e. The van der Waals surface area contributed by atoms with Crippen molar-refractivity contribution in [1.82, 2.24) is 30.0 Å². The van der Waals surface area contributed by atoms with Crippen molar-refractivity contribution >= 4 is 22.1 Å². The second-order valence-corrected chi connectivity index (χ2v) is 13.8. The zero-order valence-corrected chi connectivity index (χ0v) is 29.7. The first kappa shape index (κ1) is 36.0. The average molecular weight is 691 g/mol. The van der Waals surface area contributed by atoms with Gasteiger partial charge in [-0.3, -0.25) is 0 Å². The Morgan fingerprint density at radius 2 is 0.882 bits per heavy atom. The van der Waals surface area contributed by atoms with Crippen LogP contribution < -0.4 is 0 Å². The molecule has 0 aliphatic heterocycles. The Bertz CT molecular complexity index is 1840. The molecule has 51 heavy (non-hydrogen) atoms. The van der Waals surface area contributed by atoms with Crippen LogP contribution in [0.1, 0.15) is 100 Å². The molecule has 268 valence electrons. The lowest BCUT2D eigenvalue weighted by Crippen LogP contribution is -2.08. The number of benzene rings is 4. The van der Waals surface area contributed by atoms with Gasteiger partial charge in [-0.25, -0.2) is 0 Å². The van der Waals surface area contributed by atoms with Crippen molar-refractivity contribution in [2.75, 3.05) is 0 Å². The number of aryl methyl sites for hydroxylation is 2. The van der Waals surface area contributed by atoms with Gasteiger partial charge in [0.25, 0.3) is 0 Å². The molecule has 10 nitrogen and oxygen atoms in total. The summed E-state index contributed by atoms with van der Waals surface area (Å²) in [6.07, 6.45) is 9.62. The van der Waals surface area contributed by atoms with Crippen LogP contribution in [0.5, 0.6) is 11.5 Å². The summed E-state index contributed by atoms with van der Waals surface area (Å²) in [4.78, 5) is 2.96. The minimum Gasteiger partial charge on any atom is -0.505 e. The van der Waals surface area contributed by atoms with E-state index in [1.807, 2.05) is 72.8 Å². The van der Waals surface area contributed by atoms with Gasteiger partial charge >= 0.3 is 0 Å². The highest BCUT2D eigenvalue weighted by molar-refractivity contribution is 5.74. The number of unbranched alkanes of at least 4 members (excludes halogenated alkanes) is 2. The Balaban J connectivity index is 1.36. The maximum Gasteiger partial charge on any atom is 0.146 e. The molecule has 4 aromatic carbocycles. The van der Waals surface area contributed by atoms with Gasteiger partial charge in [0.1, 0.15) is 44.9 Å². The van der Waals surface area contributed by atoms with Gasteiger partial charge in [-0.15, -0.1) is 30.0 Å².